The van der Waals surface area contributed by atoms with Gasteiger partial charge in [0.2, 0.25) is 5.89 Å². The minimum absolute atomic E-state index is 0.111. The molecular weight excluding hydrogens is 371 g/mol. The van der Waals surface area contributed by atoms with Gasteiger partial charge in [-0.2, -0.15) is 4.98 Å². The van der Waals surface area contributed by atoms with Crippen molar-refractivity contribution < 1.29 is 13.7 Å². The molecule has 1 aromatic heterocycles. The molecule has 0 atom stereocenters. The molecule has 0 aliphatic carbocycles. The predicted molar refractivity (Wildman–Crippen MR) is 106 cm³/mol. The summed E-state index contributed by atoms with van der Waals surface area (Å²) in [6, 6.07) is 15.8. The molecule has 1 saturated heterocycles. The molecule has 4 rings (SSSR count). The van der Waals surface area contributed by atoms with Crippen LogP contribution in [0, 0.1) is 5.82 Å². The Morgan fingerprint density at radius 3 is 2.55 bits per heavy atom. The number of aromatic nitrogens is 2. The van der Waals surface area contributed by atoms with E-state index in [1.807, 2.05) is 30.3 Å². The van der Waals surface area contributed by atoms with Crippen LogP contribution in [0.5, 0.6) is 0 Å². The zero-order valence-electron chi connectivity index (χ0n) is 16.1. The average molecular weight is 394 g/mol. The van der Waals surface area contributed by atoms with Crippen LogP contribution in [-0.2, 0) is 13.0 Å². The quantitative estimate of drug-likeness (QED) is 0.695. The maximum atomic E-state index is 13.0. The molecule has 0 saturated carbocycles. The molecule has 0 radical (unpaired) electrons. The molecule has 2 heterocycles. The first kappa shape index (κ1) is 19.3. The van der Waals surface area contributed by atoms with Crippen LogP contribution in [0.2, 0.25) is 0 Å². The van der Waals surface area contributed by atoms with Gasteiger partial charge in [0, 0.05) is 31.1 Å². The number of nitrogens with one attached hydrogen (secondary N) is 1. The van der Waals surface area contributed by atoms with E-state index in [9.17, 15) is 9.18 Å². The first-order valence-electron chi connectivity index (χ1n) is 9.80. The van der Waals surface area contributed by atoms with Crippen LogP contribution in [0.15, 0.2) is 59.1 Å². The first-order valence-corrected chi connectivity index (χ1v) is 9.80. The fourth-order valence-electron chi connectivity index (χ4n) is 3.50. The Kier molecular flexibility index (Phi) is 5.95. The molecule has 7 heteroatoms. The molecule has 1 aliphatic rings. The van der Waals surface area contributed by atoms with E-state index in [-0.39, 0.29) is 17.8 Å². The van der Waals surface area contributed by atoms with Crippen LogP contribution < -0.4 is 5.32 Å². The van der Waals surface area contributed by atoms with E-state index in [2.05, 4.69) is 20.4 Å². The Morgan fingerprint density at radius 2 is 1.83 bits per heavy atom. The summed E-state index contributed by atoms with van der Waals surface area (Å²) in [6.07, 6.45) is 2.34. The largest absolute Gasteiger partial charge is 0.349 e. The SMILES string of the molecule is O=C(NC1CCN(Cc2nc(Cc3ccccc3)no2)CC1)c1ccc(F)cc1. The zero-order chi connectivity index (χ0) is 20.1. The molecule has 0 bridgehead atoms. The van der Waals surface area contributed by atoms with Gasteiger partial charge in [0.1, 0.15) is 5.82 Å². The Morgan fingerprint density at radius 1 is 1.10 bits per heavy atom. The molecule has 1 fully saturated rings. The first-order chi connectivity index (χ1) is 14.2. The van der Waals surface area contributed by atoms with E-state index in [4.69, 9.17) is 4.52 Å². The average Bonchev–Trinajstić information content (AvgIpc) is 3.17. The standard InChI is InChI=1S/C22H23FN4O2/c23-18-8-6-17(7-9-18)22(28)24-19-10-12-27(13-11-19)15-21-25-20(26-29-21)14-16-4-2-1-3-5-16/h1-9,19H,10-15H2,(H,24,28). The van der Waals surface area contributed by atoms with Gasteiger partial charge in [-0.1, -0.05) is 35.5 Å². The monoisotopic (exact) mass is 394 g/mol. The highest BCUT2D eigenvalue weighted by Gasteiger charge is 2.22. The third kappa shape index (κ3) is 5.26. The Labute approximate surface area is 168 Å². The second-order valence-electron chi connectivity index (χ2n) is 7.30. The molecule has 3 aromatic rings. The molecule has 29 heavy (non-hydrogen) atoms. The van der Waals surface area contributed by atoms with Crippen molar-refractivity contribution in [3.05, 3.63) is 83.3 Å². The van der Waals surface area contributed by atoms with E-state index < -0.39 is 0 Å². The molecule has 0 spiro atoms. The van der Waals surface area contributed by atoms with E-state index in [1.54, 1.807) is 0 Å². The number of hydrogen-bond donors (Lipinski definition) is 1. The van der Waals surface area contributed by atoms with Crippen molar-refractivity contribution >= 4 is 5.91 Å². The normalized spacial score (nSPS) is 15.3. The second kappa shape index (κ2) is 8.96. The predicted octanol–water partition coefficient (Wildman–Crippen LogP) is 3.19. The third-order valence-corrected chi connectivity index (χ3v) is 5.10. The highest BCUT2D eigenvalue weighted by molar-refractivity contribution is 5.94. The van der Waals surface area contributed by atoms with Crippen molar-refractivity contribution in [2.75, 3.05) is 13.1 Å². The zero-order valence-corrected chi connectivity index (χ0v) is 16.1. The lowest BCUT2D eigenvalue weighted by Gasteiger charge is -2.31. The number of benzene rings is 2. The lowest BCUT2D eigenvalue weighted by molar-refractivity contribution is 0.0904. The summed E-state index contributed by atoms with van der Waals surface area (Å²) in [5.41, 5.74) is 1.63. The van der Waals surface area contributed by atoms with E-state index in [0.717, 1.165) is 31.5 Å². The van der Waals surface area contributed by atoms with Crippen molar-refractivity contribution in [1.82, 2.24) is 20.4 Å². The molecule has 150 valence electrons. The maximum absolute atomic E-state index is 13.0. The molecule has 6 nitrogen and oxygen atoms in total. The number of rotatable bonds is 6. The fourth-order valence-corrected chi connectivity index (χ4v) is 3.50. The van der Waals surface area contributed by atoms with Crippen molar-refractivity contribution in [2.24, 2.45) is 0 Å². The number of piperidine rings is 1. The van der Waals surface area contributed by atoms with Gasteiger partial charge in [0.15, 0.2) is 5.82 Å². The molecule has 1 amide bonds. The highest BCUT2D eigenvalue weighted by atomic mass is 19.1. The van der Waals surface area contributed by atoms with Crippen LogP contribution in [0.25, 0.3) is 0 Å². The number of carbonyl (C=O) groups is 1. The second-order valence-corrected chi connectivity index (χ2v) is 7.30. The molecule has 1 aliphatic heterocycles. The molecule has 0 unspecified atom stereocenters. The summed E-state index contributed by atoms with van der Waals surface area (Å²) in [5, 5.41) is 7.11. The summed E-state index contributed by atoms with van der Waals surface area (Å²) in [7, 11) is 0. The van der Waals surface area contributed by atoms with Crippen molar-refractivity contribution in [2.45, 2.75) is 31.8 Å². The van der Waals surface area contributed by atoms with Gasteiger partial charge in [0.25, 0.3) is 5.91 Å². The minimum Gasteiger partial charge on any atom is -0.349 e. The summed E-state index contributed by atoms with van der Waals surface area (Å²) in [5.74, 6) is 0.797. The lowest BCUT2D eigenvalue weighted by atomic mass is 10.0. The van der Waals surface area contributed by atoms with Gasteiger partial charge < -0.3 is 9.84 Å². The highest BCUT2D eigenvalue weighted by Crippen LogP contribution is 2.15. The van der Waals surface area contributed by atoms with Crippen molar-refractivity contribution in [3.63, 3.8) is 0 Å². The van der Waals surface area contributed by atoms with Gasteiger partial charge in [-0.3, -0.25) is 9.69 Å². The van der Waals surface area contributed by atoms with Gasteiger partial charge in [-0.25, -0.2) is 4.39 Å². The van der Waals surface area contributed by atoms with Gasteiger partial charge in [-0.15, -0.1) is 0 Å². The summed E-state index contributed by atoms with van der Waals surface area (Å²) in [6.45, 7) is 2.29. The minimum atomic E-state index is -0.345. The van der Waals surface area contributed by atoms with Gasteiger partial charge in [0.05, 0.1) is 6.54 Å². The van der Waals surface area contributed by atoms with Crippen LogP contribution >= 0.6 is 0 Å². The number of carbonyl (C=O) groups excluding carboxylic acids is 1. The van der Waals surface area contributed by atoms with Gasteiger partial charge in [-0.05, 0) is 42.7 Å². The number of amides is 1. The van der Waals surface area contributed by atoms with Crippen LogP contribution in [0.3, 0.4) is 0 Å². The number of likely N-dealkylation sites (tertiary alicyclic amines) is 1. The lowest BCUT2D eigenvalue weighted by Crippen LogP contribution is -2.44. The molecular formula is C22H23FN4O2. The molecule has 2 aromatic carbocycles. The Bertz CT molecular complexity index is 935. The number of hydrogen-bond acceptors (Lipinski definition) is 5. The van der Waals surface area contributed by atoms with Gasteiger partial charge >= 0.3 is 0 Å². The van der Waals surface area contributed by atoms with Crippen molar-refractivity contribution in [3.8, 4) is 0 Å². The van der Waals surface area contributed by atoms with E-state index >= 15 is 0 Å². The van der Waals surface area contributed by atoms with Crippen molar-refractivity contribution in [1.29, 1.82) is 0 Å². The van der Waals surface area contributed by atoms with E-state index in [0.29, 0.717) is 30.2 Å². The number of halogens is 1. The summed E-state index contributed by atoms with van der Waals surface area (Å²) < 4.78 is 18.4. The van der Waals surface area contributed by atoms with E-state index in [1.165, 1.54) is 24.3 Å². The van der Waals surface area contributed by atoms with Crippen LogP contribution in [0.1, 0.15) is 40.5 Å². The fraction of sp³-hybridized carbons (Fsp3) is 0.318. The Balaban J connectivity index is 1.24. The smallest absolute Gasteiger partial charge is 0.251 e. The summed E-state index contributed by atoms with van der Waals surface area (Å²) >= 11 is 0. The Hall–Kier alpha value is -3.06. The topological polar surface area (TPSA) is 71.3 Å². The van der Waals surface area contributed by atoms with Crippen LogP contribution in [0.4, 0.5) is 4.39 Å². The molecule has 1 N–H and O–H groups in total. The third-order valence-electron chi connectivity index (χ3n) is 5.10. The van der Waals surface area contributed by atoms with Crippen LogP contribution in [-0.4, -0.2) is 40.1 Å². The summed E-state index contributed by atoms with van der Waals surface area (Å²) in [4.78, 5) is 19.0. The maximum Gasteiger partial charge on any atom is 0.251 e. The number of nitrogens with zero attached hydrogens (tertiary/aromatic N) is 3.